The molecule has 0 heterocycles. The maximum Gasteiger partial charge on any atom is 0.230 e. The van der Waals surface area contributed by atoms with Crippen molar-refractivity contribution in [2.45, 2.75) is 25.6 Å². The van der Waals surface area contributed by atoms with E-state index >= 15 is 0 Å². The summed E-state index contributed by atoms with van der Waals surface area (Å²) >= 11 is 7.46. The average molecular weight is 334 g/mol. The fourth-order valence-electron chi connectivity index (χ4n) is 2.28. The lowest BCUT2D eigenvalue weighted by Gasteiger charge is -2.16. The Bertz CT molecular complexity index is 627. The van der Waals surface area contributed by atoms with E-state index in [-0.39, 0.29) is 11.9 Å². The van der Waals surface area contributed by atoms with Gasteiger partial charge in [-0.25, -0.2) is 0 Å². The fourth-order valence-corrected chi connectivity index (χ4v) is 3.20. The van der Waals surface area contributed by atoms with Crippen LogP contribution in [0.1, 0.15) is 29.7 Å². The molecular weight excluding hydrogens is 314 g/mol. The van der Waals surface area contributed by atoms with E-state index in [2.05, 4.69) is 24.4 Å². The van der Waals surface area contributed by atoms with Gasteiger partial charge < -0.3 is 5.32 Å². The van der Waals surface area contributed by atoms with Crippen LogP contribution in [-0.4, -0.2) is 11.7 Å². The van der Waals surface area contributed by atoms with Gasteiger partial charge in [-0.05, 0) is 42.7 Å². The third-order valence-electron chi connectivity index (χ3n) is 3.45. The SMILES string of the molecule is Cc1ccccc1C(C)NC(=O)CSCc1ccc(Cl)cc1. The number of amides is 1. The van der Waals surface area contributed by atoms with E-state index in [1.54, 1.807) is 11.8 Å². The number of carbonyl (C=O) groups is 1. The van der Waals surface area contributed by atoms with Gasteiger partial charge in [0.25, 0.3) is 0 Å². The van der Waals surface area contributed by atoms with Gasteiger partial charge in [-0.2, -0.15) is 0 Å². The van der Waals surface area contributed by atoms with Crippen molar-refractivity contribution in [3.63, 3.8) is 0 Å². The average Bonchev–Trinajstić information content (AvgIpc) is 2.49. The molecule has 0 aliphatic carbocycles. The summed E-state index contributed by atoms with van der Waals surface area (Å²) < 4.78 is 0. The molecule has 0 aromatic heterocycles. The predicted molar refractivity (Wildman–Crippen MR) is 95.4 cm³/mol. The Kier molecular flexibility index (Phi) is 6.34. The van der Waals surface area contributed by atoms with Gasteiger partial charge in [0.05, 0.1) is 11.8 Å². The minimum Gasteiger partial charge on any atom is -0.349 e. The van der Waals surface area contributed by atoms with Gasteiger partial charge in [0.1, 0.15) is 0 Å². The van der Waals surface area contributed by atoms with Crippen LogP contribution in [0.5, 0.6) is 0 Å². The van der Waals surface area contributed by atoms with Crippen molar-refractivity contribution >= 4 is 29.3 Å². The van der Waals surface area contributed by atoms with Crippen LogP contribution in [0.4, 0.5) is 0 Å². The summed E-state index contributed by atoms with van der Waals surface area (Å²) in [4.78, 5) is 12.0. The number of hydrogen-bond acceptors (Lipinski definition) is 2. The summed E-state index contributed by atoms with van der Waals surface area (Å²) in [5.74, 6) is 1.33. The Hall–Kier alpha value is -1.45. The molecule has 4 heteroatoms. The highest BCUT2D eigenvalue weighted by Crippen LogP contribution is 2.18. The molecule has 2 aromatic rings. The maximum atomic E-state index is 12.0. The first-order chi connectivity index (χ1) is 10.6. The highest BCUT2D eigenvalue weighted by Gasteiger charge is 2.11. The molecule has 1 amide bonds. The molecule has 0 radical (unpaired) electrons. The van der Waals surface area contributed by atoms with E-state index in [1.165, 1.54) is 16.7 Å². The molecule has 0 aliphatic heterocycles. The van der Waals surface area contributed by atoms with Gasteiger partial charge in [-0.1, -0.05) is 48.0 Å². The van der Waals surface area contributed by atoms with E-state index in [4.69, 9.17) is 11.6 Å². The molecule has 2 aromatic carbocycles. The smallest absolute Gasteiger partial charge is 0.230 e. The number of nitrogens with one attached hydrogen (secondary N) is 1. The first-order valence-corrected chi connectivity index (χ1v) is 8.76. The Morgan fingerprint density at radius 2 is 1.86 bits per heavy atom. The maximum absolute atomic E-state index is 12.0. The van der Waals surface area contributed by atoms with E-state index in [1.807, 2.05) is 43.3 Å². The zero-order valence-electron chi connectivity index (χ0n) is 12.8. The first-order valence-electron chi connectivity index (χ1n) is 7.23. The van der Waals surface area contributed by atoms with Gasteiger partial charge >= 0.3 is 0 Å². The highest BCUT2D eigenvalue weighted by molar-refractivity contribution is 7.99. The number of thioether (sulfide) groups is 1. The van der Waals surface area contributed by atoms with E-state index in [0.717, 1.165) is 10.8 Å². The van der Waals surface area contributed by atoms with Crippen molar-refractivity contribution in [1.29, 1.82) is 0 Å². The summed E-state index contributed by atoms with van der Waals surface area (Å²) in [5, 5.41) is 3.79. The van der Waals surface area contributed by atoms with Crippen molar-refractivity contribution in [3.05, 3.63) is 70.2 Å². The molecule has 1 unspecified atom stereocenters. The normalized spacial score (nSPS) is 12.0. The molecule has 116 valence electrons. The van der Waals surface area contributed by atoms with Crippen LogP contribution in [0.3, 0.4) is 0 Å². The molecule has 0 spiro atoms. The number of benzene rings is 2. The summed E-state index contributed by atoms with van der Waals surface area (Å²) in [6.07, 6.45) is 0. The lowest BCUT2D eigenvalue weighted by molar-refractivity contribution is -0.119. The van der Waals surface area contributed by atoms with Crippen molar-refractivity contribution in [2.75, 3.05) is 5.75 Å². The molecule has 0 saturated heterocycles. The summed E-state index contributed by atoms with van der Waals surface area (Å²) in [5.41, 5.74) is 3.54. The minimum absolute atomic E-state index is 0.0323. The molecule has 0 aliphatic rings. The molecule has 2 rings (SSSR count). The number of halogens is 1. The van der Waals surface area contributed by atoms with Crippen LogP contribution < -0.4 is 5.32 Å². The monoisotopic (exact) mass is 333 g/mol. The molecular formula is C18H20ClNOS. The molecule has 22 heavy (non-hydrogen) atoms. The first kappa shape index (κ1) is 16.9. The number of carbonyl (C=O) groups excluding carboxylic acids is 1. The zero-order valence-corrected chi connectivity index (χ0v) is 14.4. The second-order valence-corrected chi connectivity index (χ2v) is 6.69. The number of rotatable bonds is 6. The van der Waals surface area contributed by atoms with Gasteiger partial charge in [0.15, 0.2) is 0 Å². The van der Waals surface area contributed by atoms with Gasteiger partial charge in [0, 0.05) is 10.8 Å². The fraction of sp³-hybridized carbons (Fsp3) is 0.278. The summed E-state index contributed by atoms with van der Waals surface area (Å²) in [6.45, 7) is 4.08. The van der Waals surface area contributed by atoms with Gasteiger partial charge in [0.2, 0.25) is 5.91 Å². The predicted octanol–water partition coefficient (Wildman–Crippen LogP) is 4.76. The van der Waals surface area contributed by atoms with E-state index < -0.39 is 0 Å². The van der Waals surface area contributed by atoms with Crippen molar-refractivity contribution in [3.8, 4) is 0 Å². The van der Waals surface area contributed by atoms with Crippen LogP contribution in [0.25, 0.3) is 0 Å². The van der Waals surface area contributed by atoms with Crippen LogP contribution in [0.15, 0.2) is 48.5 Å². The summed E-state index contributed by atoms with van der Waals surface area (Å²) in [7, 11) is 0. The van der Waals surface area contributed by atoms with Gasteiger partial charge in [-0.15, -0.1) is 11.8 Å². The van der Waals surface area contributed by atoms with Crippen LogP contribution in [-0.2, 0) is 10.5 Å². The molecule has 1 atom stereocenters. The van der Waals surface area contributed by atoms with Crippen molar-refractivity contribution in [2.24, 2.45) is 0 Å². The minimum atomic E-state index is 0.0323. The van der Waals surface area contributed by atoms with E-state index in [0.29, 0.717) is 5.75 Å². The second kappa shape index (κ2) is 8.25. The highest BCUT2D eigenvalue weighted by atomic mass is 35.5. The lowest BCUT2D eigenvalue weighted by atomic mass is 10.0. The third kappa shape index (κ3) is 5.08. The van der Waals surface area contributed by atoms with Crippen molar-refractivity contribution < 1.29 is 4.79 Å². The quantitative estimate of drug-likeness (QED) is 0.825. The van der Waals surface area contributed by atoms with Crippen molar-refractivity contribution in [1.82, 2.24) is 5.32 Å². The standard InChI is InChI=1S/C18H20ClNOS/c1-13-5-3-4-6-17(13)14(2)20-18(21)12-22-11-15-7-9-16(19)10-8-15/h3-10,14H,11-12H2,1-2H3,(H,20,21). The lowest BCUT2D eigenvalue weighted by Crippen LogP contribution is -2.28. The Labute approximate surface area is 141 Å². The Morgan fingerprint density at radius 3 is 2.55 bits per heavy atom. The Morgan fingerprint density at radius 1 is 1.18 bits per heavy atom. The molecule has 0 fully saturated rings. The molecule has 1 N–H and O–H groups in total. The largest absolute Gasteiger partial charge is 0.349 e. The Balaban J connectivity index is 1.78. The van der Waals surface area contributed by atoms with E-state index in [9.17, 15) is 4.79 Å². The number of hydrogen-bond donors (Lipinski definition) is 1. The van der Waals surface area contributed by atoms with Crippen LogP contribution in [0.2, 0.25) is 5.02 Å². The molecule has 2 nitrogen and oxygen atoms in total. The van der Waals surface area contributed by atoms with Crippen LogP contribution >= 0.6 is 23.4 Å². The second-order valence-electron chi connectivity index (χ2n) is 5.27. The van der Waals surface area contributed by atoms with Gasteiger partial charge in [-0.3, -0.25) is 4.79 Å². The topological polar surface area (TPSA) is 29.1 Å². The third-order valence-corrected chi connectivity index (χ3v) is 4.70. The zero-order chi connectivity index (χ0) is 15.9. The van der Waals surface area contributed by atoms with Crippen LogP contribution in [0, 0.1) is 6.92 Å². The molecule has 0 saturated carbocycles. The summed E-state index contributed by atoms with van der Waals surface area (Å²) in [6, 6.07) is 15.9. The number of aryl methyl sites for hydroxylation is 1. The molecule has 0 bridgehead atoms.